The highest BCUT2D eigenvalue weighted by atomic mass is 32.1. The van der Waals surface area contributed by atoms with E-state index in [-0.39, 0.29) is 5.91 Å². The summed E-state index contributed by atoms with van der Waals surface area (Å²) in [4.78, 5) is 19.0. The molecule has 0 atom stereocenters. The molecule has 0 bridgehead atoms. The number of nitrogens with zero attached hydrogens (tertiary/aromatic N) is 2. The Morgan fingerprint density at radius 2 is 1.89 bits per heavy atom. The Bertz CT molecular complexity index is 896. The van der Waals surface area contributed by atoms with Gasteiger partial charge in [0, 0.05) is 24.2 Å². The van der Waals surface area contributed by atoms with Gasteiger partial charge in [0.2, 0.25) is 5.91 Å². The minimum Gasteiger partial charge on any atom is -0.492 e. The van der Waals surface area contributed by atoms with Crippen LogP contribution in [0.1, 0.15) is 16.3 Å². The van der Waals surface area contributed by atoms with E-state index in [9.17, 15) is 4.79 Å². The normalized spacial score (nSPS) is 10.8. The molecule has 2 aromatic carbocycles. The van der Waals surface area contributed by atoms with Gasteiger partial charge in [0.15, 0.2) is 0 Å². The van der Waals surface area contributed by atoms with Gasteiger partial charge in [0.1, 0.15) is 17.4 Å². The lowest BCUT2D eigenvalue weighted by molar-refractivity contribution is -0.115. The van der Waals surface area contributed by atoms with E-state index in [0.29, 0.717) is 13.0 Å². The summed E-state index contributed by atoms with van der Waals surface area (Å²) in [5, 5.41) is 5.80. The fourth-order valence-electron chi connectivity index (χ4n) is 2.74. The zero-order valence-corrected chi connectivity index (χ0v) is 17.0. The molecule has 1 heterocycles. The number of hydrogen-bond donors (Lipinski definition) is 1. The number of ether oxygens (including phenoxy) is 1. The van der Waals surface area contributed by atoms with Gasteiger partial charge in [-0.3, -0.25) is 9.69 Å². The van der Waals surface area contributed by atoms with Crippen LogP contribution in [0.5, 0.6) is 5.75 Å². The van der Waals surface area contributed by atoms with Gasteiger partial charge in [-0.25, -0.2) is 4.98 Å². The number of likely N-dealkylation sites (N-methyl/N-ethyl adjacent to an activating group) is 1. The van der Waals surface area contributed by atoms with Crippen LogP contribution >= 0.6 is 11.3 Å². The number of rotatable bonds is 9. The molecule has 0 saturated carbocycles. The standard InChI is InChI=1S/C22H25N3O2S/c1-17-8-6-7-11-20(17)24-21(26)14-22-23-18(16-28-22)15-25(2)12-13-27-19-9-4-3-5-10-19/h3-11,16H,12-15H2,1-2H3,(H,24,26). The topological polar surface area (TPSA) is 54.5 Å². The first-order valence-electron chi connectivity index (χ1n) is 9.25. The van der Waals surface area contributed by atoms with Crippen LogP contribution in [-0.2, 0) is 17.8 Å². The van der Waals surface area contributed by atoms with E-state index >= 15 is 0 Å². The second kappa shape index (κ2) is 10.0. The minimum absolute atomic E-state index is 0.0418. The molecule has 3 rings (SSSR count). The van der Waals surface area contributed by atoms with Crippen molar-refractivity contribution in [3.63, 3.8) is 0 Å². The van der Waals surface area contributed by atoms with Crippen molar-refractivity contribution in [3.8, 4) is 5.75 Å². The van der Waals surface area contributed by atoms with Crippen molar-refractivity contribution in [2.75, 3.05) is 25.5 Å². The molecule has 28 heavy (non-hydrogen) atoms. The summed E-state index contributed by atoms with van der Waals surface area (Å²) in [6.45, 7) is 4.13. The lowest BCUT2D eigenvalue weighted by Crippen LogP contribution is -2.24. The van der Waals surface area contributed by atoms with Crippen LogP contribution in [0.4, 0.5) is 5.69 Å². The average molecular weight is 396 g/mol. The van der Waals surface area contributed by atoms with Crippen molar-refractivity contribution in [1.29, 1.82) is 0 Å². The molecule has 1 amide bonds. The summed E-state index contributed by atoms with van der Waals surface area (Å²) in [5.41, 5.74) is 2.88. The average Bonchev–Trinajstić information content (AvgIpc) is 3.11. The van der Waals surface area contributed by atoms with E-state index in [1.54, 1.807) is 0 Å². The molecule has 0 radical (unpaired) electrons. The van der Waals surface area contributed by atoms with Crippen molar-refractivity contribution in [2.45, 2.75) is 19.9 Å². The summed E-state index contributed by atoms with van der Waals surface area (Å²) in [5.74, 6) is 0.839. The van der Waals surface area contributed by atoms with Crippen molar-refractivity contribution in [3.05, 3.63) is 76.2 Å². The molecule has 146 valence electrons. The van der Waals surface area contributed by atoms with Crippen molar-refractivity contribution < 1.29 is 9.53 Å². The highest BCUT2D eigenvalue weighted by Crippen LogP contribution is 2.16. The van der Waals surface area contributed by atoms with Crippen LogP contribution in [0.3, 0.4) is 0 Å². The summed E-state index contributed by atoms with van der Waals surface area (Å²) < 4.78 is 5.73. The van der Waals surface area contributed by atoms with Crippen molar-refractivity contribution in [2.24, 2.45) is 0 Å². The summed E-state index contributed by atoms with van der Waals surface area (Å²) in [6.07, 6.45) is 0.292. The van der Waals surface area contributed by atoms with E-state index in [0.717, 1.165) is 40.8 Å². The Morgan fingerprint density at radius 1 is 1.14 bits per heavy atom. The quantitative estimate of drug-likeness (QED) is 0.592. The Morgan fingerprint density at radius 3 is 2.68 bits per heavy atom. The number of thiazole rings is 1. The maximum Gasteiger partial charge on any atom is 0.231 e. The molecule has 0 fully saturated rings. The lowest BCUT2D eigenvalue weighted by atomic mass is 10.2. The van der Waals surface area contributed by atoms with Crippen LogP contribution < -0.4 is 10.1 Å². The SMILES string of the molecule is Cc1ccccc1NC(=O)Cc1nc(CN(C)CCOc2ccccc2)cs1. The third-order valence-corrected chi connectivity index (χ3v) is 5.14. The largest absolute Gasteiger partial charge is 0.492 e. The first kappa shape index (κ1) is 20.0. The lowest BCUT2D eigenvalue weighted by Gasteiger charge is -2.15. The first-order chi connectivity index (χ1) is 13.6. The Hall–Kier alpha value is -2.70. The number of aryl methyl sites for hydroxylation is 1. The number of hydrogen-bond acceptors (Lipinski definition) is 5. The van der Waals surface area contributed by atoms with Gasteiger partial charge >= 0.3 is 0 Å². The molecule has 0 saturated heterocycles. The van der Waals surface area contributed by atoms with Crippen LogP contribution in [0.25, 0.3) is 0 Å². The summed E-state index contributed by atoms with van der Waals surface area (Å²) >= 11 is 1.53. The van der Waals surface area contributed by atoms with Crippen LogP contribution in [0, 0.1) is 6.92 Å². The van der Waals surface area contributed by atoms with Crippen LogP contribution in [-0.4, -0.2) is 36.0 Å². The van der Waals surface area contributed by atoms with Gasteiger partial charge in [-0.1, -0.05) is 36.4 Å². The molecular weight excluding hydrogens is 370 g/mol. The molecule has 3 aromatic rings. The Kier molecular flexibility index (Phi) is 7.17. The molecule has 6 heteroatoms. The second-order valence-corrected chi connectivity index (χ2v) is 7.61. The number of aromatic nitrogens is 1. The Balaban J connectivity index is 1.43. The number of benzene rings is 2. The fraction of sp³-hybridized carbons (Fsp3) is 0.273. The second-order valence-electron chi connectivity index (χ2n) is 6.67. The van der Waals surface area contributed by atoms with Gasteiger partial charge < -0.3 is 10.1 Å². The van der Waals surface area contributed by atoms with Crippen LogP contribution in [0.2, 0.25) is 0 Å². The molecular formula is C22H25N3O2S. The molecule has 0 unspecified atom stereocenters. The van der Waals surface area contributed by atoms with E-state index in [2.05, 4.69) is 15.2 Å². The number of nitrogens with one attached hydrogen (secondary N) is 1. The van der Waals surface area contributed by atoms with Gasteiger partial charge in [-0.2, -0.15) is 0 Å². The maximum absolute atomic E-state index is 12.3. The van der Waals surface area contributed by atoms with Crippen LogP contribution in [0.15, 0.2) is 60.0 Å². The van der Waals surface area contributed by atoms with Gasteiger partial charge in [0.05, 0.1) is 12.1 Å². The minimum atomic E-state index is -0.0418. The van der Waals surface area contributed by atoms with E-state index in [1.807, 2.05) is 73.9 Å². The zero-order chi connectivity index (χ0) is 19.8. The van der Waals surface area contributed by atoms with Crippen molar-refractivity contribution in [1.82, 2.24) is 9.88 Å². The fourth-order valence-corrected chi connectivity index (χ4v) is 3.52. The molecule has 0 aliphatic carbocycles. The maximum atomic E-state index is 12.3. The number of anilines is 1. The summed E-state index contributed by atoms with van der Waals surface area (Å²) in [7, 11) is 2.04. The number of para-hydroxylation sites is 2. The third-order valence-electron chi connectivity index (χ3n) is 4.25. The molecule has 0 aliphatic heterocycles. The van der Waals surface area contributed by atoms with E-state index in [4.69, 9.17) is 4.74 Å². The van der Waals surface area contributed by atoms with Gasteiger partial charge in [-0.15, -0.1) is 11.3 Å². The number of amides is 1. The third kappa shape index (κ3) is 6.18. The predicted octanol–water partition coefficient (Wildman–Crippen LogP) is 4.14. The molecule has 0 spiro atoms. The van der Waals surface area contributed by atoms with Gasteiger partial charge in [-0.05, 0) is 37.7 Å². The molecule has 5 nitrogen and oxygen atoms in total. The predicted molar refractivity (Wildman–Crippen MR) is 114 cm³/mol. The Labute approximate surface area is 170 Å². The van der Waals surface area contributed by atoms with E-state index in [1.165, 1.54) is 11.3 Å². The highest BCUT2D eigenvalue weighted by Gasteiger charge is 2.10. The zero-order valence-electron chi connectivity index (χ0n) is 16.2. The first-order valence-corrected chi connectivity index (χ1v) is 10.1. The highest BCUT2D eigenvalue weighted by molar-refractivity contribution is 7.09. The molecule has 1 aromatic heterocycles. The van der Waals surface area contributed by atoms with Gasteiger partial charge in [0.25, 0.3) is 0 Å². The smallest absolute Gasteiger partial charge is 0.231 e. The summed E-state index contributed by atoms with van der Waals surface area (Å²) in [6, 6.07) is 17.6. The number of carbonyl (C=O) groups excluding carboxylic acids is 1. The van der Waals surface area contributed by atoms with Crippen molar-refractivity contribution >= 4 is 22.9 Å². The molecule has 0 aliphatic rings. The monoisotopic (exact) mass is 395 g/mol. The van der Waals surface area contributed by atoms with E-state index < -0.39 is 0 Å². The molecule has 1 N–H and O–H groups in total. The number of carbonyl (C=O) groups is 1.